The molecule has 4 rings (SSSR count). The van der Waals surface area contributed by atoms with Gasteiger partial charge in [-0.05, 0) is 31.5 Å². The molecule has 0 radical (unpaired) electrons. The van der Waals surface area contributed by atoms with Crippen molar-refractivity contribution >= 4 is 22.9 Å². The fraction of sp³-hybridized carbons (Fsp3) is 0.158. The summed E-state index contributed by atoms with van der Waals surface area (Å²) in [5.74, 6) is -0.143. The number of aryl methyl sites for hydroxylation is 2. The van der Waals surface area contributed by atoms with Crippen LogP contribution in [0.1, 0.15) is 18.1 Å². The summed E-state index contributed by atoms with van der Waals surface area (Å²) in [6.45, 7) is 3.90. The van der Waals surface area contributed by atoms with Gasteiger partial charge in [0.05, 0.1) is 35.0 Å². The first-order valence-corrected chi connectivity index (χ1v) is 8.22. The van der Waals surface area contributed by atoms with E-state index in [-0.39, 0.29) is 5.91 Å². The minimum absolute atomic E-state index is 0.143. The molecule has 1 aliphatic heterocycles. The molecule has 0 saturated carbocycles. The first-order chi connectivity index (χ1) is 12.5. The Morgan fingerprint density at radius 1 is 1.23 bits per heavy atom. The van der Waals surface area contributed by atoms with Gasteiger partial charge in [-0.2, -0.15) is 5.10 Å². The molecule has 0 aliphatic carbocycles. The minimum atomic E-state index is -0.143. The number of fused-ring (bicyclic) bond motifs is 1. The molecule has 0 fully saturated rings. The summed E-state index contributed by atoms with van der Waals surface area (Å²) in [4.78, 5) is 21.2. The van der Waals surface area contributed by atoms with Crippen LogP contribution in [-0.4, -0.2) is 25.7 Å². The molecule has 4 heterocycles. The van der Waals surface area contributed by atoms with E-state index in [0.717, 1.165) is 33.8 Å². The van der Waals surface area contributed by atoms with E-state index in [1.165, 1.54) is 0 Å². The van der Waals surface area contributed by atoms with Gasteiger partial charge in [-0.1, -0.05) is 0 Å². The lowest BCUT2D eigenvalue weighted by Gasteiger charge is -2.09. The maximum Gasteiger partial charge on any atom is 0.258 e. The van der Waals surface area contributed by atoms with Gasteiger partial charge in [0.15, 0.2) is 0 Å². The molecule has 3 aromatic heterocycles. The lowest BCUT2D eigenvalue weighted by molar-refractivity contribution is -0.110. The van der Waals surface area contributed by atoms with Crippen molar-refractivity contribution in [1.82, 2.24) is 19.7 Å². The average molecular weight is 346 g/mol. The molecule has 7 heteroatoms. The number of carbonyl (C=O) groups excluding carboxylic acids is 1. The second kappa shape index (κ2) is 6.11. The van der Waals surface area contributed by atoms with Crippen LogP contribution in [-0.2, 0) is 11.8 Å². The van der Waals surface area contributed by atoms with Crippen LogP contribution < -0.4 is 10.6 Å². The molecule has 0 atom stereocenters. The van der Waals surface area contributed by atoms with E-state index < -0.39 is 0 Å². The quantitative estimate of drug-likeness (QED) is 0.712. The molecule has 3 aromatic rings. The number of carbonyl (C=O) groups is 1. The van der Waals surface area contributed by atoms with Crippen molar-refractivity contribution < 1.29 is 4.79 Å². The molecular weight excluding hydrogens is 328 g/mol. The van der Waals surface area contributed by atoms with Crippen LogP contribution in [0.3, 0.4) is 0 Å². The molecule has 7 nitrogen and oxygen atoms in total. The van der Waals surface area contributed by atoms with Crippen LogP contribution in [0.25, 0.3) is 16.8 Å². The number of anilines is 2. The first kappa shape index (κ1) is 16.0. The third-order valence-electron chi connectivity index (χ3n) is 4.38. The first-order valence-electron chi connectivity index (χ1n) is 8.22. The van der Waals surface area contributed by atoms with Gasteiger partial charge in [-0.3, -0.25) is 19.4 Å². The smallest absolute Gasteiger partial charge is 0.258 e. The molecule has 0 unspecified atom stereocenters. The Labute approximate surface area is 150 Å². The third-order valence-corrected chi connectivity index (χ3v) is 4.38. The summed E-state index contributed by atoms with van der Waals surface area (Å²) in [7, 11) is 1.85. The number of amides is 1. The van der Waals surface area contributed by atoms with Crippen molar-refractivity contribution in [3.63, 3.8) is 0 Å². The van der Waals surface area contributed by atoms with E-state index in [1.807, 2.05) is 39.2 Å². The van der Waals surface area contributed by atoms with Crippen molar-refractivity contribution in [2.24, 2.45) is 7.05 Å². The van der Waals surface area contributed by atoms with Crippen LogP contribution >= 0.6 is 0 Å². The van der Waals surface area contributed by atoms with Gasteiger partial charge in [-0.25, -0.2) is 0 Å². The fourth-order valence-corrected chi connectivity index (χ4v) is 3.09. The molecule has 130 valence electrons. The number of hydrogen-bond acceptors (Lipinski definition) is 5. The number of rotatable bonds is 3. The van der Waals surface area contributed by atoms with Gasteiger partial charge in [0.25, 0.3) is 5.91 Å². The van der Waals surface area contributed by atoms with Crippen LogP contribution in [0.5, 0.6) is 0 Å². The molecule has 0 aromatic carbocycles. The Bertz CT molecular complexity index is 1050. The SMILES string of the molecule is C/C(Nc1cnn(C)c1)=C1/C(=O)Nc2cnc(-c3cnccc3C)cc21. The predicted octanol–water partition coefficient (Wildman–Crippen LogP) is 2.98. The normalized spacial score (nSPS) is 14.8. The molecule has 1 amide bonds. The van der Waals surface area contributed by atoms with Gasteiger partial charge in [0, 0.05) is 42.5 Å². The van der Waals surface area contributed by atoms with E-state index in [9.17, 15) is 4.79 Å². The number of nitrogens with one attached hydrogen (secondary N) is 2. The summed E-state index contributed by atoms with van der Waals surface area (Å²) >= 11 is 0. The zero-order valence-electron chi connectivity index (χ0n) is 14.7. The van der Waals surface area contributed by atoms with Gasteiger partial charge in [0.2, 0.25) is 0 Å². The van der Waals surface area contributed by atoms with E-state index in [1.54, 1.807) is 29.5 Å². The van der Waals surface area contributed by atoms with Crippen molar-refractivity contribution in [2.75, 3.05) is 10.6 Å². The molecule has 2 N–H and O–H groups in total. The average Bonchev–Trinajstić information content (AvgIpc) is 3.16. The Balaban J connectivity index is 1.78. The van der Waals surface area contributed by atoms with Gasteiger partial charge in [-0.15, -0.1) is 0 Å². The Morgan fingerprint density at radius 2 is 2.08 bits per heavy atom. The highest BCUT2D eigenvalue weighted by molar-refractivity contribution is 6.32. The lowest BCUT2D eigenvalue weighted by atomic mass is 10.0. The number of nitrogens with zero attached hydrogens (tertiary/aromatic N) is 4. The van der Waals surface area contributed by atoms with Crippen molar-refractivity contribution in [3.8, 4) is 11.3 Å². The fourth-order valence-electron chi connectivity index (χ4n) is 3.09. The highest BCUT2D eigenvalue weighted by Gasteiger charge is 2.27. The number of aromatic nitrogens is 4. The van der Waals surface area contributed by atoms with Crippen molar-refractivity contribution in [2.45, 2.75) is 13.8 Å². The number of allylic oxidation sites excluding steroid dienone is 1. The van der Waals surface area contributed by atoms with Gasteiger partial charge < -0.3 is 10.6 Å². The topological polar surface area (TPSA) is 84.7 Å². The molecule has 0 bridgehead atoms. The van der Waals surface area contributed by atoms with Crippen LogP contribution in [0.4, 0.5) is 11.4 Å². The largest absolute Gasteiger partial charge is 0.356 e. The maximum atomic E-state index is 12.5. The Hall–Kier alpha value is -3.48. The second-order valence-electron chi connectivity index (χ2n) is 6.29. The van der Waals surface area contributed by atoms with Gasteiger partial charge in [0.1, 0.15) is 0 Å². The molecular formula is C19H18N6O. The standard InChI is InChI=1S/C19H18N6O/c1-11-4-5-20-8-15(11)16-6-14-17(9-21-16)24-19(26)18(14)12(2)23-13-7-22-25(3)10-13/h4-10,23H,1-3H3,(H,24,26)/b18-12-. The maximum absolute atomic E-state index is 12.5. The van der Waals surface area contributed by atoms with Crippen molar-refractivity contribution in [3.05, 3.63) is 59.9 Å². The van der Waals surface area contributed by atoms with Crippen LogP contribution in [0.15, 0.2) is 48.8 Å². The van der Waals surface area contributed by atoms with Gasteiger partial charge >= 0.3 is 0 Å². The predicted molar refractivity (Wildman–Crippen MR) is 100 cm³/mol. The molecule has 26 heavy (non-hydrogen) atoms. The summed E-state index contributed by atoms with van der Waals surface area (Å²) in [5, 5.41) is 10.3. The summed E-state index contributed by atoms with van der Waals surface area (Å²) in [5.41, 5.74) is 6.56. The molecule has 0 saturated heterocycles. The summed E-state index contributed by atoms with van der Waals surface area (Å²) < 4.78 is 1.70. The second-order valence-corrected chi connectivity index (χ2v) is 6.29. The Kier molecular flexibility index (Phi) is 3.76. The van der Waals surface area contributed by atoms with E-state index in [0.29, 0.717) is 11.3 Å². The molecule has 0 spiro atoms. The van der Waals surface area contributed by atoms with Crippen molar-refractivity contribution in [1.29, 1.82) is 0 Å². The summed E-state index contributed by atoms with van der Waals surface area (Å²) in [6.07, 6.45) is 8.81. The van der Waals surface area contributed by atoms with Crippen LogP contribution in [0, 0.1) is 6.92 Å². The lowest BCUT2D eigenvalue weighted by Crippen LogP contribution is -2.08. The zero-order valence-corrected chi connectivity index (χ0v) is 14.7. The Morgan fingerprint density at radius 3 is 2.81 bits per heavy atom. The zero-order chi connectivity index (χ0) is 18.3. The monoisotopic (exact) mass is 346 g/mol. The van der Waals surface area contributed by atoms with E-state index in [2.05, 4.69) is 25.7 Å². The molecule has 1 aliphatic rings. The van der Waals surface area contributed by atoms with E-state index >= 15 is 0 Å². The minimum Gasteiger partial charge on any atom is -0.356 e. The van der Waals surface area contributed by atoms with Crippen LogP contribution in [0.2, 0.25) is 0 Å². The number of pyridine rings is 2. The summed E-state index contributed by atoms with van der Waals surface area (Å²) in [6, 6.07) is 3.88. The highest BCUT2D eigenvalue weighted by atomic mass is 16.2. The number of hydrogen-bond donors (Lipinski definition) is 2. The highest BCUT2D eigenvalue weighted by Crippen LogP contribution is 2.36. The van der Waals surface area contributed by atoms with E-state index in [4.69, 9.17) is 0 Å². The third kappa shape index (κ3) is 2.73.